The van der Waals surface area contributed by atoms with E-state index in [1.807, 2.05) is 13.0 Å². The zero-order chi connectivity index (χ0) is 12.1. The van der Waals surface area contributed by atoms with Gasteiger partial charge in [0.1, 0.15) is 5.75 Å². The molecule has 0 saturated carbocycles. The van der Waals surface area contributed by atoms with Crippen molar-refractivity contribution in [1.29, 1.82) is 0 Å². The second-order valence-electron chi connectivity index (χ2n) is 3.97. The quantitative estimate of drug-likeness (QED) is 0.667. The van der Waals surface area contributed by atoms with Crippen LogP contribution in [0.3, 0.4) is 0 Å². The number of hydrogen-bond donors (Lipinski definition) is 3. The molecule has 1 aromatic carbocycles. The third kappa shape index (κ3) is 3.19. The maximum atomic E-state index is 9.47. The van der Waals surface area contributed by atoms with Gasteiger partial charge in [-0.25, -0.2) is 0 Å². The van der Waals surface area contributed by atoms with Gasteiger partial charge in [0.05, 0.1) is 0 Å². The Labute approximate surface area is 97.0 Å². The van der Waals surface area contributed by atoms with Crippen LogP contribution in [-0.4, -0.2) is 11.7 Å². The molecular formula is C13H20N2O. The van der Waals surface area contributed by atoms with Crippen molar-refractivity contribution in [1.82, 2.24) is 5.32 Å². The lowest BCUT2D eigenvalue weighted by atomic mass is 10.1. The van der Waals surface area contributed by atoms with E-state index in [1.165, 1.54) is 0 Å². The lowest BCUT2D eigenvalue weighted by molar-refractivity contribution is 0.471. The van der Waals surface area contributed by atoms with Crippen LogP contribution < -0.4 is 11.1 Å². The van der Waals surface area contributed by atoms with Gasteiger partial charge in [-0.1, -0.05) is 19.6 Å². The summed E-state index contributed by atoms with van der Waals surface area (Å²) in [6, 6.07) is 3.54. The fourth-order valence-electron chi connectivity index (χ4n) is 1.49. The van der Waals surface area contributed by atoms with E-state index in [4.69, 9.17) is 5.73 Å². The van der Waals surface area contributed by atoms with E-state index in [-0.39, 0.29) is 5.75 Å². The first-order valence-corrected chi connectivity index (χ1v) is 5.54. The predicted molar refractivity (Wildman–Crippen MR) is 68.4 cm³/mol. The Morgan fingerprint density at radius 2 is 2.19 bits per heavy atom. The number of nitrogen functional groups attached to an aromatic ring is 1. The summed E-state index contributed by atoms with van der Waals surface area (Å²) in [5.74, 6) is 0.257. The molecule has 0 radical (unpaired) electrons. The summed E-state index contributed by atoms with van der Waals surface area (Å²) in [5.41, 5.74) is 9.43. The highest BCUT2D eigenvalue weighted by Crippen LogP contribution is 2.23. The van der Waals surface area contributed by atoms with Crippen molar-refractivity contribution < 1.29 is 5.11 Å². The molecule has 3 heteroatoms. The third-order valence-electron chi connectivity index (χ3n) is 2.65. The summed E-state index contributed by atoms with van der Waals surface area (Å²) in [4.78, 5) is 0. The molecule has 0 spiro atoms. The monoisotopic (exact) mass is 220 g/mol. The van der Waals surface area contributed by atoms with Crippen molar-refractivity contribution >= 4 is 5.69 Å². The summed E-state index contributed by atoms with van der Waals surface area (Å²) in [5, 5.41) is 12.7. The topological polar surface area (TPSA) is 58.3 Å². The summed E-state index contributed by atoms with van der Waals surface area (Å²) in [7, 11) is 0. The molecule has 3 nitrogen and oxygen atoms in total. The van der Waals surface area contributed by atoms with Gasteiger partial charge in [-0.2, -0.15) is 0 Å². The Hall–Kier alpha value is -1.64. The molecule has 0 aliphatic rings. The van der Waals surface area contributed by atoms with Crippen LogP contribution in [0, 0.1) is 6.92 Å². The number of nitrogens with two attached hydrogens (primary N) is 1. The normalized spacial score (nSPS) is 10.1. The van der Waals surface area contributed by atoms with Crippen molar-refractivity contribution in [3.63, 3.8) is 0 Å². The number of phenolic OH excluding ortho intramolecular Hbond substituents is 1. The fraction of sp³-hybridized carbons (Fsp3) is 0.385. The molecule has 0 bridgehead atoms. The first kappa shape index (κ1) is 12.4. The van der Waals surface area contributed by atoms with Crippen molar-refractivity contribution in [2.45, 2.75) is 26.7 Å². The lowest BCUT2D eigenvalue weighted by Gasteiger charge is -2.10. The molecule has 0 heterocycles. The molecular weight excluding hydrogens is 200 g/mol. The lowest BCUT2D eigenvalue weighted by Crippen LogP contribution is -2.16. The Bertz CT molecular complexity index is 386. The highest BCUT2D eigenvalue weighted by molar-refractivity contribution is 5.54. The van der Waals surface area contributed by atoms with Crippen LogP contribution in [-0.2, 0) is 6.42 Å². The summed E-state index contributed by atoms with van der Waals surface area (Å²) < 4.78 is 0. The first-order valence-electron chi connectivity index (χ1n) is 5.54. The van der Waals surface area contributed by atoms with Gasteiger partial charge in [0.2, 0.25) is 0 Å². The Morgan fingerprint density at radius 1 is 1.50 bits per heavy atom. The van der Waals surface area contributed by atoms with E-state index in [9.17, 15) is 5.11 Å². The van der Waals surface area contributed by atoms with Crippen LogP contribution in [0.2, 0.25) is 0 Å². The maximum absolute atomic E-state index is 9.47. The summed E-state index contributed by atoms with van der Waals surface area (Å²) in [6.45, 7) is 8.63. The second-order valence-corrected chi connectivity index (χ2v) is 3.97. The molecule has 16 heavy (non-hydrogen) atoms. The molecule has 1 rings (SSSR count). The number of rotatable bonds is 5. The van der Waals surface area contributed by atoms with E-state index in [0.717, 1.165) is 36.2 Å². The van der Waals surface area contributed by atoms with Crippen LogP contribution >= 0.6 is 0 Å². The van der Waals surface area contributed by atoms with Crippen molar-refractivity contribution in [2.75, 3.05) is 12.3 Å². The van der Waals surface area contributed by atoms with Crippen LogP contribution in [0.1, 0.15) is 24.5 Å². The van der Waals surface area contributed by atoms with E-state index >= 15 is 0 Å². The van der Waals surface area contributed by atoms with Gasteiger partial charge in [-0.05, 0) is 30.9 Å². The van der Waals surface area contributed by atoms with Crippen LogP contribution in [0.25, 0.3) is 0 Å². The highest BCUT2D eigenvalue weighted by atomic mass is 16.3. The van der Waals surface area contributed by atoms with Gasteiger partial charge in [-0.15, -0.1) is 0 Å². The van der Waals surface area contributed by atoms with Crippen LogP contribution in [0.4, 0.5) is 5.69 Å². The molecule has 0 aromatic heterocycles. The molecule has 0 aliphatic carbocycles. The molecule has 0 unspecified atom stereocenters. The minimum atomic E-state index is 0.257. The zero-order valence-electron chi connectivity index (χ0n) is 10.0. The standard InChI is InChI=1S/C13H20N2O/c1-4-10(3)15-6-5-11-7-9(2)13(16)8-12(11)14/h7-8,15-16H,3-6,14H2,1-2H3. The molecule has 0 aliphatic heterocycles. The minimum absolute atomic E-state index is 0.257. The molecule has 0 atom stereocenters. The van der Waals surface area contributed by atoms with Crippen molar-refractivity contribution in [3.8, 4) is 5.75 Å². The number of aromatic hydroxyl groups is 1. The third-order valence-corrected chi connectivity index (χ3v) is 2.65. The van der Waals surface area contributed by atoms with E-state index in [2.05, 4.69) is 18.8 Å². The highest BCUT2D eigenvalue weighted by Gasteiger charge is 2.03. The Balaban J connectivity index is 2.60. The number of phenols is 1. The van der Waals surface area contributed by atoms with E-state index in [0.29, 0.717) is 5.69 Å². The fourth-order valence-corrected chi connectivity index (χ4v) is 1.49. The first-order chi connectivity index (χ1) is 7.54. The van der Waals surface area contributed by atoms with Crippen LogP contribution in [0.15, 0.2) is 24.4 Å². The number of nitrogens with one attached hydrogen (secondary N) is 1. The van der Waals surface area contributed by atoms with Gasteiger partial charge in [0.15, 0.2) is 0 Å². The number of hydrogen-bond acceptors (Lipinski definition) is 3. The average Bonchev–Trinajstić information content (AvgIpc) is 2.25. The largest absolute Gasteiger partial charge is 0.508 e. The predicted octanol–water partition coefficient (Wildman–Crippen LogP) is 2.34. The van der Waals surface area contributed by atoms with Crippen LogP contribution in [0.5, 0.6) is 5.75 Å². The molecule has 0 amide bonds. The van der Waals surface area contributed by atoms with E-state index in [1.54, 1.807) is 6.07 Å². The Kier molecular flexibility index (Phi) is 4.23. The number of allylic oxidation sites excluding steroid dienone is 1. The molecule has 88 valence electrons. The average molecular weight is 220 g/mol. The summed E-state index contributed by atoms with van der Waals surface area (Å²) in [6.07, 6.45) is 1.77. The molecule has 0 saturated heterocycles. The molecule has 0 fully saturated rings. The minimum Gasteiger partial charge on any atom is -0.508 e. The van der Waals surface area contributed by atoms with E-state index < -0.39 is 0 Å². The van der Waals surface area contributed by atoms with Crippen molar-refractivity contribution in [3.05, 3.63) is 35.5 Å². The van der Waals surface area contributed by atoms with Gasteiger partial charge in [0.25, 0.3) is 0 Å². The second kappa shape index (κ2) is 5.45. The smallest absolute Gasteiger partial charge is 0.120 e. The number of aryl methyl sites for hydroxylation is 1. The van der Waals surface area contributed by atoms with Gasteiger partial charge in [-0.3, -0.25) is 0 Å². The number of anilines is 1. The molecule has 1 aromatic rings. The van der Waals surface area contributed by atoms with Gasteiger partial charge >= 0.3 is 0 Å². The van der Waals surface area contributed by atoms with Gasteiger partial charge in [0, 0.05) is 24.0 Å². The number of benzene rings is 1. The SMILES string of the molecule is C=C(CC)NCCc1cc(C)c(O)cc1N. The maximum Gasteiger partial charge on any atom is 0.120 e. The molecule has 4 N–H and O–H groups in total. The Morgan fingerprint density at radius 3 is 2.81 bits per heavy atom. The van der Waals surface area contributed by atoms with Crippen molar-refractivity contribution in [2.24, 2.45) is 0 Å². The summed E-state index contributed by atoms with van der Waals surface area (Å²) >= 11 is 0. The van der Waals surface area contributed by atoms with Gasteiger partial charge < -0.3 is 16.2 Å². The zero-order valence-corrected chi connectivity index (χ0v) is 10.0.